The van der Waals surface area contributed by atoms with Crippen LogP contribution in [0.1, 0.15) is 50.5 Å². The van der Waals surface area contributed by atoms with Gasteiger partial charge in [0.25, 0.3) is 0 Å². The van der Waals surface area contributed by atoms with E-state index in [4.69, 9.17) is 9.47 Å². The second kappa shape index (κ2) is 9.08. The Morgan fingerprint density at radius 3 is 2.65 bits per heavy atom. The number of rotatable bonds is 7. The molecule has 1 fully saturated rings. The molecule has 0 amide bonds. The van der Waals surface area contributed by atoms with Crippen molar-refractivity contribution in [2.75, 3.05) is 14.2 Å². The molecule has 1 aliphatic rings. The molecular formula is C20H28O3. The lowest BCUT2D eigenvalue weighted by Crippen LogP contribution is -2.31. The average molecular weight is 316 g/mol. The number of benzene rings is 1. The second-order valence-corrected chi connectivity index (χ2v) is 6.31. The van der Waals surface area contributed by atoms with E-state index in [2.05, 4.69) is 11.8 Å². The molecule has 0 unspecified atom stereocenters. The summed E-state index contributed by atoms with van der Waals surface area (Å²) in [5.74, 6) is 6.58. The number of aliphatic hydroxyl groups is 1. The maximum absolute atomic E-state index is 10.9. The number of methoxy groups -OCH3 is 2. The Bertz CT molecular complexity index is 513. The Labute approximate surface area is 140 Å². The number of ether oxygens (including phenoxy) is 2. The Balaban J connectivity index is 1.85. The van der Waals surface area contributed by atoms with Crippen LogP contribution in [0, 0.1) is 17.8 Å². The quantitative estimate of drug-likeness (QED) is 0.473. The molecule has 1 N–H and O–H groups in total. The van der Waals surface area contributed by atoms with Gasteiger partial charge in [0.15, 0.2) is 6.29 Å². The van der Waals surface area contributed by atoms with Crippen molar-refractivity contribution in [3.05, 3.63) is 35.9 Å². The minimum atomic E-state index is -0.822. The maximum atomic E-state index is 10.9. The van der Waals surface area contributed by atoms with Gasteiger partial charge in [-0.25, -0.2) is 0 Å². The zero-order valence-corrected chi connectivity index (χ0v) is 14.3. The summed E-state index contributed by atoms with van der Waals surface area (Å²) in [5.41, 5.74) is 0.146. The largest absolute Gasteiger partial charge is 0.377 e. The molecule has 23 heavy (non-hydrogen) atoms. The summed E-state index contributed by atoms with van der Waals surface area (Å²) in [5, 5.41) is 10.9. The van der Waals surface area contributed by atoms with Gasteiger partial charge in [0, 0.05) is 19.8 Å². The Hall–Kier alpha value is -1.34. The highest BCUT2D eigenvalue weighted by atomic mass is 16.7. The van der Waals surface area contributed by atoms with E-state index in [1.54, 1.807) is 14.2 Å². The van der Waals surface area contributed by atoms with E-state index in [9.17, 15) is 5.11 Å². The van der Waals surface area contributed by atoms with Gasteiger partial charge in [0.05, 0.1) is 0 Å². The van der Waals surface area contributed by atoms with Crippen molar-refractivity contribution in [2.45, 2.75) is 56.8 Å². The van der Waals surface area contributed by atoms with E-state index in [-0.39, 0.29) is 12.2 Å². The fourth-order valence-corrected chi connectivity index (χ4v) is 3.34. The number of unbranched alkanes of at least 4 members (excludes halogenated alkanes) is 1. The topological polar surface area (TPSA) is 38.7 Å². The normalized spacial score (nSPS) is 23.7. The van der Waals surface area contributed by atoms with Gasteiger partial charge < -0.3 is 14.6 Å². The van der Waals surface area contributed by atoms with Crippen LogP contribution in [0.4, 0.5) is 0 Å². The van der Waals surface area contributed by atoms with Crippen molar-refractivity contribution in [3.8, 4) is 11.8 Å². The van der Waals surface area contributed by atoms with Gasteiger partial charge in [0.1, 0.15) is 5.60 Å². The lowest BCUT2D eigenvalue weighted by molar-refractivity contribution is -0.107. The predicted molar refractivity (Wildman–Crippen MR) is 91.9 cm³/mol. The molecule has 0 spiro atoms. The molecule has 126 valence electrons. The molecule has 1 aliphatic carbocycles. The predicted octanol–water partition coefficient (Wildman–Crippen LogP) is 3.75. The molecule has 1 aromatic carbocycles. The highest BCUT2D eigenvalue weighted by Crippen LogP contribution is 2.38. The molecule has 0 aliphatic heterocycles. The van der Waals surface area contributed by atoms with E-state index in [1.807, 2.05) is 30.3 Å². The van der Waals surface area contributed by atoms with Crippen LogP contribution in [0.2, 0.25) is 0 Å². The highest BCUT2D eigenvalue weighted by Gasteiger charge is 2.39. The van der Waals surface area contributed by atoms with Gasteiger partial charge in [-0.15, -0.1) is 0 Å². The first-order valence-electron chi connectivity index (χ1n) is 8.54. The lowest BCUT2D eigenvalue weighted by atomic mass is 9.86. The van der Waals surface area contributed by atoms with Crippen molar-refractivity contribution in [3.63, 3.8) is 0 Å². The molecule has 0 saturated heterocycles. The third-order valence-electron chi connectivity index (χ3n) is 4.75. The molecule has 3 nitrogen and oxygen atoms in total. The fourth-order valence-electron chi connectivity index (χ4n) is 3.34. The van der Waals surface area contributed by atoms with Gasteiger partial charge in [-0.05, 0) is 56.6 Å². The number of hydrogen-bond acceptors (Lipinski definition) is 3. The summed E-state index contributed by atoms with van der Waals surface area (Å²) in [6, 6.07) is 9.89. The lowest BCUT2D eigenvalue weighted by Gasteiger charge is -2.24. The van der Waals surface area contributed by atoms with Crippen molar-refractivity contribution in [1.82, 2.24) is 0 Å². The fraction of sp³-hybridized carbons (Fsp3) is 0.600. The Kier molecular flexibility index (Phi) is 7.11. The average Bonchev–Trinajstić information content (AvgIpc) is 2.95. The number of hydrogen-bond donors (Lipinski definition) is 1. The monoisotopic (exact) mass is 316 g/mol. The van der Waals surface area contributed by atoms with Crippen LogP contribution in [-0.4, -0.2) is 31.2 Å². The van der Waals surface area contributed by atoms with E-state index in [1.165, 1.54) is 0 Å². The van der Waals surface area contributed by atoms with Crippen LogP contribution in [-0.2, 0) is 9.47 Å². The minimum Gasteiger partial charge on any atom is -0.377 e. The molecule has 3 heteroatoms. The van der Waals surface area contributed by atoms with Gasteiger partial charge in [-0.2, -0.15) is 0 Å². The van der Waals surface area contributed by atoms with Gasteiger partial charge in [0.2, 0.25) is 0 Å². The molecule has 0 radical (unpaired) electrons. The first-order chi connectivity index (χ1) is 11.2. The van der Waals surface area contributed by atoms with Crippen LogP contribution in [0.25, 0.3) is 0 Å². The zero-order chi connectivity index (χ0) is 16.5. The molecule has 2 rings (SSSR count). The summed E-state index contributed by atoms with van der Waals surface area (Å²) in [6.07, 6.45) is 6.83. The summed E-state index contributed by atoms with van der Waals surface area (Å²) < 4.78 is 10.4. The molecule has 0 aromatic heterocycles. The molecule has 1 aromatic rings. The zero-order valence-electron chi connectivity index (χ0n) is 14.3. The van der Waals surface area contributed by atoms with E-state index < -0.39 is 5.60 Å². The van der Waals surface area contributed by atoms with Gasteiger partial charge in [-0.1, -0.05) is 36.5 Å². The van der Waals surface area contributed by atoms with Crippen molar-refractivity contribution >= 4 is 0 Å². The van der Waals surface area contributed by atoms with Crippen LogP contribution in [0.3, 0.4) is 0 Å². The van der Waals surface area contributed by atoms with Crippen LogP contribution in [0.15, 0.2) is 30.3 Å². The first-order valence-corrected chi connectivity index (χ1v) is 8.54. The van der Waals surface area contributed by atoms with Gasteiger partial charge in [-0.3, -0.25) is 0 Å². The smallest absolute Gasteiger partial charge is 0.156 e. The van der Waals surface area contributed by atoms with Gasteiger partial charge >= 0.3 is 0 Å². The van der Waals surface area contributed by atoms with E-state index >= 15 is 0 Å². The Morgan fingerprint density at radius 1 is 1.22 bits per heavy atom. The standard InChI is InChI=1S/C20H28O3/c1-22-19(23-2)13-7-6-11-18-12-8-15-20(18,21)16-14-17-9-4-3-5-10-17/h3-5,9-10,18-19,21H,6-8,11-13,15H2,1-2H3/t18-,20-/m0/s1. The Morgan fingerprint density at radius 2 is 1.96 bits per heavy atom. The van der Waals surface area contributed by atoms with Crippen LogP contribution >= 0.6 is 0 Å². The minimum absolute atomic E-state index is 0.115. The first kappa shape index (κ1) is 18.0. The molecular weight excluding hydrogens is 288 g/mol. The second-order valence-electron chi connectivity index (χ2n) is 6.31. The molecule has 2 atom stereocenters. The van der Waals surface area contributed by atoms with Crippen LogP contribution < -0.4 is 0 Å². The summed E-state index contributed by atoms with van der Waals surface area (Å²) in [7, 11) is 3.34. The summed E-state index contributed by atoms with van der Waals surface area (Å²) in [6.45, 7) is 0. The molecule has 1 saturated carbocycles. The summed E-state index contributed by atoms with van der Waals surface area (Å²) in [4.78, 5) is 0. The van der Waals surface area contributed by atoms with Crippen molar-refractivity contribution < 1.29 is 14.6 Å². The SMILES string of the molecule is COC(CCCC[C@H]1CCC[C@]1(O)C#Cc1ccccc1)OC. The van der Waals surface area contributed by atoms with Crippen LogP contribution in [0.5, 0.6) is 0 Å². The molecule has 0 bridgehead atoms. The van der Waals surface area contributed by atoms with Crippen molar-refractivity contribution in [2.24, 2.45) is 5.92 Å². The highest BCUT2D eigenvalue weighted by molar-refractivity contribution is 5.36. The van der Waals surface area contributed by atoms with Crippen molar-refractivity contribution in [1.29, 1.82) is 0 Å². The third kappa shape index (κ3) is 5.35. The molecule has 0 heterocycles. The van der Waals surface area contributed by atoms with E-state index in [0.29, 0.717) is 0 Å². The third-order valence-corrected chi connectivity index (χ3v) is 4.75. The maximum Gasteiger partial charge on any atom is 0.156 e. The van der Waals surface area contributed by atoms with E-state index in [0.717, 1.165) is 50.5 Å². The summed E-state index contributed by atoms with van der Waals surface area (Å²) >= 11 is 0.